The van der Waals surface area contributed by atoms with Crippen molar-refractivity contribution in [3.63, 3.8) is 0 Å². The van der Waals surface area contributed by atoms with Crippen molar-refractivity contribution >= 4 is 56.3 Å². The number of fused-ring (bicyclic) bond motifs is 1. The van der Waals surface area contributed by atoms with Crippen LogP contribution < -0.4 is 15.5 Å². The molecule has 0 radical (unpaired) electrons. The minimum atomic E-state index is -3.96. The van der Waals surface area contributed by atoms with Gasteiger partial charge in [0.2, 0.25) is 10.0 Å². The molecule has 2 fully saturated rings. The highest BCUT2D eigenvalue weighted by Crippen LogP contribution is 2.39. The van der Waals surface area contributed by atoms with Crippen molar-refractivity contribution in [3.8, 4) is 0 Å². The van der Waals surface area contributed by atoms with Crippen LogP contribution >= 0.6 is 23.2 Å². The zero-order valence-corrected chi connectivity index (χ0v) is 28.0. The molecule has 1 amide bonds. The first-order valence-corrected chi connectivity index (χ1v) is 17.4. The van der Waals surface area contributed by atoms with E-state index in [2.05, 4.69) is 43.7 Å². The lowest BCUT2D eigenvalue weighted by Crippen LogP contribution is -2.45. The highest BCUT2D eigenvalue weighted by Gasteiger charge is 2.41. The Bertz CT molecular complexity index is 1660. The molecule has 6 rings (SSSR count). The summed E-state index contributed by atoms with van der Waals surface area (Å²) in [6.45, 7) is 9.22. The van der Waals surface area contributed by atoms with E-state index in [0.29, 0.717) is 30.2 Å². The number of likely N-dealkylation sites (N-methyl/N-ethyl adjacent to an activating group) is 1. The number of rotatable bonds is 7. The number of ether oxygens (including phenoxy) is 1. The van der Waals surface area contributed by atoms with E-state index in [1.807, 2.05) is 26.0 Å². The van der Waals surface area contributed by atoms with Crippen LogP contribution in [-0.4, -0.2) is 92.8 Å². The molecule has 2 aromatic carbocycles. The lowest BCUT2D eigenvalue weighted by Gasteiger charge is -2.37. The minimum absolute atomic E-state index is 0.0117. The Hall–Kier alpha value is -2.87. The Morgan fingerprint density at radius 2 is 1.73 bits per heavy atom. The van der Waals surface area contributed by atoms with E-state index in [4.69, 9.17) is 27.9 Å². The number of aromatic amines is 1. The van der Waals surface area contributed by atoms with Gasteiger partial charge in [0.25, 0.3) is 5.91 Å². The van der Waals surface area contributed by atoms with Gasteiger partial charge < -0.3 is 25.2 Å². The average molecular weight is 677 g/mol. The zero-order chi connectivity index (χ0) is 31.9. The van der Waals surface area contributed by atoms with Crippen LogP contribution in [0.15, 0.2) is 41.3 Å². The first kappa shape index (κ1) is 32.1. The fourth-order valence-electron chi connectivity index (χ4n) is 6.28. The monoisotopic (exact) mass is 675 g/mol. The maximum absolute atomic E-state index is 13.9. The summed E-state index contributed by atoms with van der Waals surface area (Å²) in [4.78, 5) is 18.6. The Labute approximate surface area is 274 Å². The standard InChI is InChI=1S/C31H39Cl2N7O4S/c1-31(2)19-40(45(42,43)24-15-20(32)14-21(33)16-24)18-26-28(31)36-37-29(26)35-30(41)25-5-4-23(39-10-8-38(3)9-11-39)17-27(25)34-22-6-12-44-13-7-22/h4-5,14-17,22,34H,6-13,18-19H2,1-3H3,(H2,35,36,37,41). The number of nitrogens with zero attached hydrogens (tertiary/aromatic N) is 4. The maximum Gasteiger partial charge on any atom is 0.258 e. The van der Waals surface area contributed by atoms with Crippen LogP contribution in [0, 0.1) is 0 Å². The molecule has 242 valence electrons. The van der Waals surface area contributed by atoms with Gasteiger partial charge in [0.05, 0.1) is 10.5 Å². The van der Waals surface area contributed by atoms with Crippen molar-refractivity contribution in [3.05, 3.63) is 63.3 Å². The van der Waals surface area contributed by atoms with Crippen LogP contribution in [0.2, 0.25) is 10.0 Å². The summed E-state index contributed by atoms with van der Waals surface area (Å²) in [7, 11) is -1.83. The summed E-state index contributed by atoms with van der Waals surface area (Å²) >= 11 is 12.3. The minimum Gasteiger partial charge on any atom is -0.381 e. The Morgan fingerprint density at radius 1 is 1.04 bits per heavy atom. The Kier molecular flexibility index (Phi) is 9.08. The second-order valence-corrected chi connectivity index (χ2v) is 15.5. The largest absolute Gasteiger partial charge is 0.381 e. The molecule has 0 atom stereocenters. The number of hydrogen-bond acceptors (Lipinski definition) is 8. The van der Waals surface area contributed by atoms with Crippen molar-refractivity contribution in [1.82, 2.24) is 19.4 Å². The summed E-state index contributed by atoms with van der Waals surface area (Å²) in [5.41, 5.74) is 3.09. The second kappa shape index (κ2) is 12.7. The summed E-state index contributed by atoms with van der Waals surface area (Å²) < 4.78 is 34.4. The van der Waals surface area contributed by atoms with E-state index >= 15 is 0 Å². The van der Waals surface area contributed by atoms with E-state index in [-0.39, 0.29) is 40.0 Å². The lowest BCUT2D eigenvalue weighted by atomic mass is 9.84. The van der Waals surface area contributed by atoms with Crippen molar-refractivity contribution < 1.29 is 17.9 Å². The Morgan fingerprint density at radius 3 is 2.42 bits per heavy atom. The summed E-state index contributed by atoms with van der Waals surface area (Å²) in [5.74, 6) is -0.0320. The molecule has 3 N–H and O–H groups in total. The van der Waals surface area contributed by atoms with Gasteiger partial charge in [0.15, 0.2) is 5.82 Å². The highest BCUT2D eigenvalue weighted by molar-refractivity contribution is 7.89. The van der Waals surface area contributed by atoms with Gasteiger partial charge in [-0.2, -0.15) is 9.40 Å². The third-order valence-electron chi connectivity index (χ3n) is 8.85. The summed E-state index contributed by atoms with van der Waals surface area (Å²) in [5, 5.41) is 14.6. The first-order chi connectivity index (χ1) is 21.4. The number of amides is 1. The summed E-state index contributed by atoms with van der Waals surface area (Å²) in [6.07, 6.45) is 1.70. The summed E-state index contributed by atoms with van der Waals surface area (Å²) in [6, 6.07) is 10.4. The van der Waals surface area contributed by atoms with Crippen molar-refractivity contribution in [2.75, 3.05) is 68.5 Å². The third-order valence-corrected chi connectivity index (χ3v) is 11.1. The number of halogens is 2. The first-order valence-electron chi connectivity index (χ1n) is 15.2. The molecular formula is C31H39Cl2N7O4S. The van der Waals surface area contributed by atoms with Crippen LogP contribution in [0.3, 0.4) is 0 Å². The molecule has 0 unspecified atom stereocenters. The number of benzene rings is 2. The van der Waals surface area contributed by atoms with Gasteiger partial charge in [-0.3, -0.25) is 9.89 Å². The van der Waals surface area contributed by atoms with E-state index < -0.39 is 15.4 Å². The highest BCUT2D eigenvalue weighted by atomic mass is 35.5. The van der Waals surface area contributed by atoms with Crippen LogP contribution in [0.1, 0.15) is 48.3 Å². The molecule has 45 heavy (non-hydrogen) atoms. The molecule has 0 aliphatic carbocycles. The zero-order valence-electron chi connectivity index (χ0n) is 25.7. The predicted octanol–water partition coefficient (Wildman–Crippen LogP) is 4.79. The van der Waals surface area contributed by atoms with Gasteiger partial charge >= 0.3 is 0 Å². The van der Waals surface area contributed by atoms with E-state index in [1.165, 1.54) is 22.5 Å². The molecule has 3 aliphatic rings. The number of nitrogens with one attached hydrogen (secondary N) is 3. The number of anilines is 3. The van der Waals surface area contributed by atoms with Crippen molar-refractivity contribution in [2.24, 2.45) is 0 Å². The van der Waals surface area contributed by atoms with E-state index in [9.17, 15) is 13.2 Å². The van der Waals surface area contributed by atoms with E-state index in [1.54, 1.807) is 0 Å². The Balaban J connectivity index is 1.28. The number of carbonyl (C=O) groups excluding carboxylic acids is 1. The SMILES string of the molecule is CN1CCN(c2ccc(C(=O)Nc3n[nH]c4c3CN(S(=O)(=O)c3cc(Cl)cc(Cl)c3)CC4(C)C)c(NC3CCOCC3)c2)CC1. The molecule has 0 spiro atoms. The van der Waals surface area contributed by atoms with Gasteiger partial charge in [-0.1, -0.05) is 37.0 Å². The number of sulfonamides is 1. The molecule has 3 aromatic rings. The number of H-pyrrole nitrogens is 1. The fraction of sp³-hybridized carbons (Fsp3) is 0.484. The van der Waals surface area contributed by atoms with Crippen LogP contribution in [0.5, 0.6) is 0 Å². The molecule has 2 saturated heterocycles. The van der Waals surface area contributed by atoms with Crippen LogP contribution in [0.25, 0.3) is 0 Å². The van der Waals surface area contributed by atoms with Gasteiger partial charge in [0.1, 0.15) is 0 Å². The number of carbonyl (C=O) groups is 1. The number of piperazine rings is 1. The van der Waals surface area contributed by atoms with Gasteiger partial charge in [-0.15, -0.1) is 0 Å². The molecule has 1 aromatic heterocycles. The van der Waals surface area contributed by atoms with Gasteiger partial charge in [0, 0.05) is 96.6 Å². The number of hydrogen-bond donors (Lipinski definition) is 3. The average Bonchev–Trinajstić information content (AvgIpc) is 3.41. The van der Waals surface area contributed by atoms with E-state index in [0.717, 1.165) is 56.1 Å². The second-order valence-electron chi connectivity index (χ2n) is 12.7. The molecule has 11 nitrogen and oxygen atoms in total. The quantitative estimate of drug-likeness (QED) is 0.327. The molecule has 14 heteroatoms. The lowest BCUT2D eigenvalue weighted by molar-refractivity contribution is 0.0904. The van der Waals surface area contributed by atoms with Crippen LogP contribution in [0.4, 0.5) is 17.2 Å². The third kappa shape index (κ3) is 6.81. The molecule has 4 heterocycles. The predicted molar refractivity (Wildman–Crippen MR) is 177 cm³/mol. The van der Waals surface area contributed by atoms with Crippen molar-refractivity contribution in [1.29, 1.82) is 0 Å². The smallest absolute Gasteiger partial charge is 0.258 e. The van der Waals surface area contributed by atoms with Crippen molar-refractivity contribution in [2.45, 2.75) is 49.6 Å². The van der Waals surface area contributed by atoms with Crippen LogP contribution in [-0.2, 0) is 26.7 Å². The normalized spacial score (nSPS) is 19.7. The molecule has 0 bridgehead atoms. The molecular weight excluding hydrogens is 637 g/mol. The molecule has 0 saturated carbocycles. The molecule has 3 aliphatic heterocycles. The van der Waals surface area contributed by atoms with Gasteiger partial charge in [-0.05, 0) is 56.3 Å². The van der Waals surface area contributed by atoms with Gasteiger partial charge in [-0.25, -0.2) is 8.42 Å². The topological polar surface area (TPSA) is 123 Å². The maximum atomic E-state index is 13.9. The number of aromatic nitrogens is 2. The fourth-order valence-corrected chi connectivity index (χ4v) is 8.58.